The molecule has 21 heavy (non-hydrogen) atoms. The summed E-state index contributed by atoms with van der Waals surface area (Å²) in [7, 11) is -2.57. The Morgan fingerprint density at radius 3 is 2.57 bits per heavy atom. The van der Waals surface area contributed by atoms with Gasteiger partial charge in [0.2, 0.25) is 15.8 Å². The maximum absolute atomic E-state index is 13.7. The summed E-state index contributed by atoms with van der Waals surface area (Å²) >= 11 is 0. The Labute approximate surface area is 119 Å². The molecule has 0 spiro atoms. The van der Waals surface area contributed by atoms with Crippen molar-refractivity contribution in [2.75, 3.05) is 20.1 Å². The second-order valence-corrected chi connectivity index (χ2v) is 6.53. The molecule has 0 aliphatic carbocycles. The molecule has 0 radical (unpaired) electrons. The van der Waals surface area contributed by atoms with E-state index in [9.17, 15) is 27.3 Å². The van der Waals surface area contributed by atoms with Crippen molar-refractivity contribution in [3.63, 3.8) is 0 Å². The molecule has 2 rings (SSSR count). The van der Waals surface area contributed by atoms with Crippen LogP contribution in [0.5, 0.6) is 0 Å². The van der Waals surface area contributed by atoms with Gasteiger partial charge in [0.1, 0.15) is 10.7 Å². The average Bonchev–Trinajstić information content (AvgIpc) is 2.87. The third-order valence-corrected chi connectivity index (χ3v) is 5.26. The number of nitrogens with zero attached hydrogens (tertiary/aromatic N) is 2. The number of halogens is 2. The van der Waals surface area contributed by atoms with Gasteiger partial charge in [-0.3, -0.25) is 10.1 Å². The fourth-order valence-electron chi connectivity index (χ4n) is 2.18. The van der Waals surface area contributed by atoms with E-state index in [0.717, 1.165) is 4.31 Å². The van der Waals surface area contributed by atoms with Crippen LogP contribution in [0, 0.1) is 21.7 Å². The molecule has 1 fully saturated rings. The van der Waals surface area contributed by atoms with Crippen LogP contribution in [0.4, 0.5) is 14.5 Å². The molecular weight excluding hydrogens is 308 g/mol. The Kier molecular flexibility index (Phi) is 4.21. The minimum absolute atomic E-state index is 0.0710. The van der Waals surface area contributed by atoms with Crippen LogP contribution in [0.1, 0.15) is 6.42 Å². The number of nitro benzene ring substituents is 1. The first-order valence-corrected chi connectivity index (χ1v) is 7.52. The van der Waals surface area contributed by atoms with E-state index in [2.05, 4.69) is 5.32 Å². The predicted molar refractivity (Wildman–Crippen MR) is 69.2 cm³/mol. The molecule has 10 heteroatoms. The largest absolute Gasteiger partial charge is 0.316 e. The van der Waals surface area contributed by atoms with Gasteiger partial charge in [-0.05, 0) is 13.5 Å². The van der Waals surface area contributed by atoms with Crippen molar-refractivity contribution in [1.29, 1.82) is 0 Å². The van der Waals surface area contributed by atoms with E-state index >= 15 is 0 Å². The summed E-state index contributed by atoms with van der Waals surface area (Å²) in [6, 6.07) is 0.571. The Bertz CT molecular complexity index is 680. The number of nitro groups is 1. The maximum atomic E-state index is 13.7. The number of benzene rings is 1. The SMILES string of the molecule is CNC1CCN(S(=O)(=O)c2cc([N+](=O)[O-])c(F)cc2F)C1. The molecule has 0 aromatic heterocycles. The van der Waals surface area contributed by atoms with Gasteiger partial charge in [0, 0.05) is 31.3 Å². The van der Waals surface area contributed by atoms with Crippen molar-refractivity contribution in [1.82, 2.24) is 9.62 Å². The van der Waals surface area contributed by atoms with E-state index in [1.807, 2.05) is 0 Å². The molecule has 116 valence electrons. The summed E-state index contributed by atoms with van der Waals surface area (Å²) in [4.78, 5) is 8.69. The van der Waals surface area contributed by atoms with E-state index in [1.54, 1.807) is 7.05 Å². The van der Waals surface area contributed by atoms with Gasteiger partial charge in [0.25, 0.3) is 0 Å². The Morgan fingerprint density at radius 2 is 2.05 bits per heavy atom. The van der Waals surface area contributed by atoms with Crippen LogP contribution in [0.2, 0.25) is 0 Å². The smallest absolute Gasteiger partial charge is 0.306 e. The molecule has 1 aliphatic rings. The van der Waals surface area contributed by atoms with E-state index < -0.39 is 37.2 Å². The van der Waals surface area contributed by atoms with Crippen LogP contribution in [-0.4, -0.2) is 43.8 Å². The summed E-state index contributed by atoms with van der Waals surface area (Å²) < 4.78 is 52.7. The molecule has 7 nitrogen and oxygen atoms in total. The van der Waals surface area contributed by atoms with Crippen molar-refractivity contribution in [2.45, 2.75) is 17.4 Å². The summed E-state index contributed by atoms with van der Waals surface area (Å²) in [5.41, 5.74) is -1.07. The third-order valence-electron chi connectivity index (χ3n) is 3.38. The molecule has 1 unspecified atom stereocenters. The highest BCUT2D eigenvalue weighted by atomic mass is 32.2. The highest BCUT2D eigenvalue weighted by molar-refractivity contribution is 7.89. The van der Waals surface area contributed by atoms with Crippen molar-refractivity contribution < 1.29 is 22.1 Å². The number of likely N-dealkylation sites (N-methyl/N-ethyl adjacent to an activating group) is 1. The molecule has 0 amide bonds. The first-order chi connectivity index (χ1) is 9.77. The van der Waals surface area contributed by atoms with E-state index in [4.69, 9.17) is 0 Å². The molecule has 0 saturated carbocycles. The van der Waals surface area contributed by atoms with Crippen LogP contribution >= 0.6 is 0 Å². The number of hydrogen-bond donors (Lipinski definition) is 1. The van der Waals surface area contributed by atoms with Gasteiger partial charge in [-0.2, -0.15) is 8.70 Å². The lowest BCUT2D eigenvalue weighted by atomic mass is 10.3. The fourth-order valence-corrected chi connectivity index (χ4v) is 3.74. The fraction of sp³-hybridized carbons (Fsp3) is 0.455. The monoisotopic (exact) mass is 321 g/mol. The van der Waals surface area contributed by atoms with E-state index in [0.29, 0.717) is 12.5 Å². The number of nitrogens with one attached hydrogen (secondary N) is 1. The zero-order valence-corrected chi connectivity index (χ0v) is 11.9. The van der Waals surface area contributed by atoms with Crippen LogP contribution in [0.3, 0.4) is 0 Å². The molecule has 1 N–H and O–H groups in total. The Hall–Kier alpha value is -1.65. The molecule has 1 aromatic carbocycles. The normalized spacial score (nSPS) is 19.9. The minimum Gasteiger partial charge on any atom is -0.316 e. The lowest BCUT2D eigenvalue weighted by Gasteiger charge is -2.16. The standard InChI is InChI=1S/C11H13F2N3O4S/c1-14-7-2-3-15(6-7)21(19,20)11-5-10(16(17)18)8(12)4-9(11)13/h4-5,7,14H,2-3,6H2,1H3. The van der Waals surface area contributed by atoms with Gasteiger partial charge in [-0.1, -0.05) is 0 Å². The van der Waals surface area contributed by atoms with Crippen molar-refractivity contribution >= 4 is 15.7 Å². The van der Waals surface area contributed by atoms with Gasteiger partial charge >= 0.3 is 5.69 Å². The summed E-state index contributed by atoms with van der Waals surface area (Å²) in [5.74, 6) is -2.75. The van der Waals surface area contributed by atoms with Crippen LogP contribution in [0.25, 0.3) is 0 Å². The summed E-state index contributed by atoms with van der Waals surface area (Å²) in [5, 5.41) is 13.6. The number of sulfonamides is 1. The average molecular weight is 321 g/mol. The quantitative estimate of drug-likeness (QED) is 0.656. The predicted octanol–water partition coefficient (Wildman–Crippen LogP) is 0.855. The number of hydrogen-bond acceptors (Lipinski definition) is 5. The zero-order chi connectivity index (χ0) is 15.8. The van der Waals surface area contributed by atoms with Gasteiger partial charge in [0.15, 0.2) is 0 Å². The van der Waals surface area contributed by atoms with E-state index in [-0.39, 0.29) is 25.2 Å². The van der Waals surface area contributed by atoms with Crippen molar-refractivity contribution in [3.05, 3.63) is 33.9 Å². The first-order valence-electron chi connectivity index (χ1n) is 6.08. The second kappa shape index (κ2) is 5.62. The van der Waals surface area contributed by atoms with Gasteiger partial charge in [-0.25, -0.2) is 12.8 Å². The summed E-state index contributed by atoms with van der Waals surface area (Å²) in [6.45, 7) is 0.294. The molecule has 1 saturated heterocycles. The van der Waals surface area contributed by atoms with Gasteiger partial charge < -0.3 is 5.32 Å². The van der Waals surface area contributed by atoms with E-state index in [1.165, 1.54) is 0 Å². The lowest BCUT2D eigenvalue weighted by molar-refractivity contribution is -0.387. The molecule has 1 atom stereocenters. The van der Waals surface area contributed by atoms with Crippen molar-refractivity contribution in [2.24, 2.45) is 0 Å². The van der Waals surface area contributed by atoms with Gasteiger partial charge in [0.05, 0.1) is 4.92 Å². The second-order valence-electron chi connectivity index (χ2n) is 4.63. The molecule has 1 heterocycles. The van der Waals surface area contributed by atoms with Crippen LogP contribution in [-0.2, 0) is 10.0 Å². The highest BCUT2D eigenvalue weighted by Gasteiger charge is 2.35. The topological polar surface area (TPSA) is 92.6 Å². The first kappa shape index (κ1) is 15.7. The van der Waals surface area contributed by atoms with Crippen LogP contribution < -0.4 is 5.32 Å². The lowest BCUT2D eigenvalue weighted by Crippen LogP contribution is -2.34. The third kappa shape index (κ3) is 2.87. The maximum Gasteiger partial charge on any atom is 0.306 e. The zero-order valence-electron chi connectivity index (χ0n) is 11.0. The Morgan fingerprint density at radius 1 is 1.38 bits per heavy atom. The number of rotatable bonds is 4. The molecular formula is C11H13F2N3O4S. The molecule has 1 aromatic rings. The van der Waals surface area contributed by atoms with Crippen LogP contribution in [0.15, 0.2) is 17.0 Å². The van der Waals surface area contributed by atoms with Crippen molar-refractivity contribution in [3.8, 4) is 0 Å². The summed E-state index contributed by atoms with van der Waals surface area (Å²) in [6.07, 6.45) is 0.542. The van der Waals surface area contributed by atoms with Gasteiger partial charge in [-0.15, -0.1) is 0 Å². The minimum atomic E-state index is -4.24. The molecule has 1 aliphatic heterocycles. The highest BCUT2D eigenvalue weighted by Crippen LogP contribution is 2.28. The molecule has 0 bridgehead atoms. The Balaban J connectivity index is 2.45.